The van der Waals surface area contributed by atoms with Gasteiger partial charge in [-0.05, 0) is 50.2 Å². The number of halogens is 3. The first-order chi connectivity index (χ1) is 10.00. The number of alkyl carbamates (subject to hydrolysis) is 1. The monoisotopic (exact) mass is 336 g/mol. The summed E-state index contributed by atoms with van der Waals surface area (Å²) in [5, 5.41) is 2.55. The molecule has 1 unspecified atom stereocenters. The third-order valence-electron chi connectivity index (χ3n) is 2.42. The summed E-state index contributed by atoms with van der Waals surface area (Å²) < 4.78 is 42.3. The number of thioether (sulfide) groups is 1. The highest BCUT2D eigenvalue weighted by Gasteiger charge is 2.29. The van der Waals surface area contributed by atoms with E-state index >= 15 is 0 Å². The molecular formula is C14H19F3N2O2S. The number of nitrogens with two attached hydrogens (primary N) is 1. The molecule has 0 aliphatic rings. The van der Waals surface area contributed by atoms with E-state index in [-0.39, 0.29) is 23.2 Å². The minimum Gasteiger partial charge on any atom is -0.444 e. The Hall–Kier alpha value is -1.41. The first kappa shape index (κ1) is 18.6. The van der Waals surface area contributed by atoms with Gasteiger partial charge in [-0.25, -0.2) is 4.79 Å². The molecule has 3 N–H and O–H groups in total. The molecule has 0 aliphatic carbocycles. The lowest BCUT2D eigenvalue weighted by Crippen LogP contribution is -2.37. The van der Waals surface area contributed by atoms with Crippen molar-refractivity contribution in [2.75, 3.05) is 6.54 Å². The Morgan fingerprint density at radius 2 is 2.00 bits per heavy atom. The van der Waals surface area contributed by atoms with Gasteiger partial charge in [0.1, 0.15) is 5.60 Å². The van der Waals surface area contributed by atoms with E-state index in [2.05, 4.69) is 5.32 Å². The second kappa shape index (κ2) is 7.23. The topological polar surface area (TPSA) is 64.3 Å². The minimum absolute atomic E-state index is 0.0365. The fraction of sp³-hybridized carbons (Fsp3) is 0.500. The van der Waals surface area contributed by atoms with Crippen molar-refractivity contribution in [3.05, 3.63) is 29.8 Å². The van der Waals surface area contributed by atoms with Gasteiger partial charge in [0.25, 0.3) is 0 Å². The first-order valence-electron chi connectivity index (χ1n) is 6.55. The maximum atomic E-state index is 12.4. The van der Waals surface area contributed by atoms with Crippen LogP contribution in [0.5, 0.6) is 0 Å². The molecule has 0 spiro atoms. The molecule has 1 aromatic carbocycles. The summed E-state index contributed by atoms with van der Waals surface area (Å²) in [6.45, 7) is 5.18. The second-order valence-corrected chi connectivity index (χ2v) is 6.69. The summed E-state index contributed by atoms with van der Waals surface area (Å²) in [5.41, 5.74) is 1.05. The molecule has 0 radical (unpaired) electrons. The number of amides is 1. The molecule has 1 atom stereocenters. The average molecular weight is 336 g/mol. The third-order valence-corrected chi connectivity index (χ3v) is 3.14. The molecule has 0 saturated heterocycles. The minimum atomic E-state index is -4.37. The predicted octanol–water partition coefficient (Wildman–Crippen LogP) is 3.82. The van der Waals surface area contributed by atoms with Gasteiger partial charge in [-0.1, -0.05) is 12.1 Å². The van der Waals surface area contributed by atoms with E-state index in [1.807, 2.05) is 0 Å². The predicted molar refractivity (Wildman–Crippen MR) is 79.5 cm³/mol. The van der Waals surface area contributed by atoms with E-state index in [9.17, 15) is 18.0 Å². The highest BCUT2D eigenvalue weighted by Crippen LogP contribution is 2.37. The van der Waals surface area contributed by atoms with Crippen LogP contribution in [0.4, 0.5) is 18.0 Å². The van der Waals surface area contributed by atoms with Crippen molar-refractivity contribution in [2.24, 2.45) is 5.73 Å². The third kappa shape index (κ3) is 7.04. The number of ether oxygens (including phenoxy) is 1. The van der Waals surface area contributed by atoms with Crippen LogP contribution >= 0.6 is 11.8 Å². The van der Waals surface area contributed by atoms with Gasteiger partial charge in [-0.2, -0.15) is 13.2 Å². The molecule has 8 heteroatoms. The van der Waals surface area contributed by atoms with Crippen LogP contribution in [-0.2, 0) is 4.74 Å². The summed E-state index contributed by atoms with van der Waals surface area (Å²) in [6.07, 6.45) is -0.670. The van der Waals surface area contributed by atoms with Crippen LogP contribution in [0, 0.1) is 0 Å². The highest BCUT2D eigenvalue weighted by molar-refractivity contribution is 8.00. The molecule has 1 amide bonds. The second-order valence-electron chi connectivity index (χ2n) is 5.55. The summed E-state index contributed by atoms with van der Waals surface area (Å²) in [5.74, 6) is 0. The zero-order valence-electron chi connectivity index (χ0n) is 12.5. The van der Waals surface area contributed by atoms with Crippen molar-refractivity contribution in [3.63, 3.8) is 0 Å². The Balaban J connectivity index is 2.82. The zero-order valence-corrected chi connectivity index (χ0v) is 13.3. The van der Waals surface area contributed by atoms with Crippen LogP contribution < -0.4 is 11.1 Å². The highest BCUT2D eigenvalue weighted by atomic mass is 32.2. The van der Waals surface area contributed by atoms with Crippen LogP contribution in [0.15, 0.2) is 29.2 Å². The van der Waals surface area contributed by atoms with Gasteiger partial charge in [0, 0.05) is 11.4 Å². The Kier molecular flexibility index (Phi) is 6.13. The Morgan fingerprint density at radius 1 is 1.36 bits per heavy atom. The number of carbonyl (C=O) groups excluding carboxylic acids is 1. The number of benzene rings is 1. The van der Waals surface area contributed by atoms with Gasteiger partial charge in [0.05, 0.1) is 6.04 Å². The molecule has 0 fully saturated rings. The van der Waals surface area contributed by atoms with E-state index in [0.29, 0.717) is 5.56 Å². The number of hydrogen-bond acceptors (Lipinski definition) is 4. The SMILES string of the molecule is CC(C)(C)OC(=O)NC(CN)c1cccc(SC(F)(F)F)c1. The lowest BCUT2D eigenvalue weighted by molar-refractivity contribution is -0.0328. The van der Waals surface area contributed by atoms with Gasteiger partial charge in [-0.3, -0.25) is 0 Å². The van der Waals surface area contributed by atoms with Crippen LogP contribution in [0.3, 0.4) is 0 Å². The molecule has 0 saturated carbocycles. The average Bonchev–Trinajstić information content (AvgIpc) is 2.32. The number of carbonyl (C=O) groups is 1. The summed E-state index contributed by atoms with van der Waals surface area (Å²) in [4.78, 5) is 11.8. The van der Waals surface area contributed by atoms with Crippen LogP contribution in [-0.4, -0.2) is 23.7 Å². The quantitative estimate of drug-likeness (QED) is 0.821. The van der Waals surface area contributed by atoms with E-state index in [1.165, 1.54) is 18.2 Å². The lowest BCUT2D eigenvalue weighted by atomic mass is 10.1. The lowest BCUT2D eigenvalue weighted by Gasteiger charge is -2.23. The van der Waals surface area contributed by atoms with Crippen molar-refractivity contribution in [1.82, 2.24) is 5.32 Å². The van der Waals surface area contributed by atoms with E-state index in [1.54, 1.807) is 26.8 Å². The summed E-state index contributed by atoms with van der Waals surface area (Å²) >= 11 is -0.213. The maximum Gasteiger partial charge on any atom is 0.446 e. The van der Waals surface area contributed by atoms with Gasteiger partial charge in [0.15, 0.2) is 0 Å². The first-order valence-corrected chi connectivity index (χ1v) is 7.37. The van der Waals surface area contributed by atoms with Crippen molar-refractivity contribution >= 4 is 17.9 Å². The fourth-order valence-electron chi connectivity index (χ4n) is 1.66. The van der Waals surface area contributed by atoms with Gasteiger partial charge in [-0.15, -0.1) is 0 Å². The van der Waals surface area contributed by atoms with E-state index in [4.69, 9.17) is 10.5 Å². The fourth-order valence-corrected chi connectivity index (χ4v) is 2.27. The number of rotatable bonds is 4. The number of hydrogen-bond donors (Lipinski definition) is 2. The molecule has 0 aliphatic heterocycles. The van der Waals surface area contributed by atoms with Gasteiger partial charge >= 0.3 is 11.6 Å². The van der Waals surface area contributed by atoms with E-state index in [0.717, 1.165) is 0 Å². The van der Waals surface area contributed by atoms with Crippen LogP contribution in [0.2, 0.25) is 0 Å². The molecule has 22 heavy (non-hydrogen) atoms. The Morgan fingerprint density at radius 3 is 2.50 bits per heavy atom. The molecule has 1 aromatic rings. The molecule has 0 aromatic heterocycles. The normalized spacial score (nSPS) is 13.6. The molecular weight excluding hydrogens is 317 g/mol. The number of alkyl halides is 3. The van der Waals surface area contributed by atoms with E-state index < -0.39 is 23.2 Å². The number of nitrogens with one attached hydrogen (secondary N) is 1. The maximum absolute atomic E-state index is 12.4. The molecule has 0 heterocycles. The van der Waals surface area contributed by atoms with Crippen molar-refractivity contribution in [3.8, 4) is 0 Å². The van der Waals surface area contributed by atoms with Crippen molar-refractivity contribution < 1.29 is 22.7 Å². The molecule has 0 bridgehead atoms. The summed E-state index contributed by atoms with van der Waals surface area (Å²) in [6, 6.07) is 5.18. The van der Waals surface area contributed by atoms with Gasteiger partial charge in [0.2, 0.25) is 0 Å². The largest absolute Gasteiger partial charge is 0.446 e. The Bertz CT molecular complexity index is 516. The standard InChI is InChI=1S/C14H19F3N2O2S/c1-13(2,3)21-12(20)19-11(8-18)9-5-4-6-10(7-9)22-14(15,16)17/h4-7,11H,8,18H2,1-3H3,(H,19,20). The molecule has 1 rings (SSSR count). The van der Waals surface area contributed by atoms with Crippen LogP contribution in [0.25, 0.3) is 0 Å². The van der Waals surface area contributed by atoms with Crippen molar-refractivity contribution in [1.29, 1.82) is 0 Å². The summed E-state index contributed by atoms with van der Waals surface area (Å²) in [7, 11) is 0. The van der Waals surface area contributed by atoms with Crippen LogP contribution in [0.1, 0.15) is 32.4 Å². The molecule has 124 valence electrons. The zero-order chi connectivity index (χ0) is 17.0. The molecule has 4 nitrogen and oxygen atoms in total. The smallest absolute Gasteiger partial charge is 0.444 e. The van der Waals surface area contributed by atoms with Crippen molar-refractivity contribution in [2.45, 2.75) is 42.8 Å². The Labute approximate surface area is 131 Å². The van der Waals surface area contributed by atoms with Gasteiger partial charge < -0.3 is 15.8 Å².